The van der Waals surface area contributed by atoms with Crippen LogP contribution in [0.4, 0.5) is 4.79 Å². The second-order valence-electron chi connectivity index (χ2n) is 6.58. The largest absolute Gasteiger partial charge is 0.490 e. The quantitative estimate of drug-likeness (QED) is 0.726. The van der Waals surface area contributed by atoms with E-state index in [0.717, 1.165) is 12.8 Å². The van der Waals surface area contributed by atoms with Crippen molar-refractivity contribution in [1.82, 2.24) is 15.5 Å². The standard InChI is InChI=1S/C19H28ClN3O3/c1-23(13-14-26-17-10-6-5-9-16(17)20)18(24)11-12-21-19(25)22-15-7-3-2-4-8-15/h5-6,9-10,15H,2-4,7-8,11-14H2,1H3,(H2,21,22,25). The second kappa shape index (κ2) is 10.9. The van der Waals surface area contributed by atoms with Crippen molar-refractivity contribution in [2.75, 3.05) is 26.7 Å². The smallest absolute Gasteiger partial charge is 0.315 e. The molecule has 0 aromatic heterocycles. The van der Waals surface area contributed by atoms with Crippen LogP contribution in [0, 0.1) is 0 Å². The maximum Gasteiger partial charge on any atom is 0.315 e. The molecule has 0 atom stereocenters. The topological polar surface area (TPSA) is 70.7 Å². The van der Waals surface area contributed by atoms with Crippen LogP contribution in [-0.2, 0) is 4.79 Å². The van der Waals surface area contributed by atoms with Crippen LogP contribution in [0.15, 0.2) is 24.3 Å². The van der Waals surface area contributed by atoms with E-state index in [0.29, 0.717) is 30.5 Å². The van der Waals surface area contributed by atoms with Crippen LogP contribution in [-0.4, -0.2) is 49.6 Å². The highest BCUT2D eigenvalue weighted by molar-refractivity contribution is 6.32. The van der Waals surface area contributed by atoms with Gasteiger partial charge in [0, 0.05) is 26.1 Å². The van der Waals surface area contributed by atoms with E-state index < -0.39 is 0 Å². The monoisotopic (exact) mass is 381 g/mol. The van der Waals surface area contributed by atoms with Gasteiger partial charge in [0.15, 0.2) is 0 Å². The zero-order chi connectivity index (χ0) is 18.8. The number of benzene rings is 1. The van der Waals surface area contributed by atoms with Gasteiger partial charge in [-0.3, -0.25) is 4.79 Å². The molecule has 1 saturated carbocycles. The molecule has 2 rings (SSSR count). The van der Waals surface area contributed by atoms with Crippen molar-refractivity contribution in [3.05, 3.63) is 29.3 Å². The van der Waals surface area contributed by atoms with Crippen LogP contribution in [0.1, 0.15) is 38.5 Å². The van der Waals surface area contributed by atoms with E-state index in [9.17, 15) is 9.59 Å². The summed E-state index contributed by atoms with van der Waals surface area (Å²) >= 11 is 6.02. The van der Waals surface area contributed by atoms with Crippen molar-refractivity contribution in [3.63, 3.8) is 0 Å². The van der Waals surface area contributed by atoms with E-state index in [1.54, 1.807) is 24.1 Å². The fraction of sp³-hybridized carbons (Fsp3) is 0.579. The molecule has 1 fully saturated rings. The molecule has 26 heavy (non-hydrogen) atoms. The molecule has 0 saturated heterocycles. The summed E-state index contributed by atoms with van der Waals surface area (Å²) in [6.07, 6.45) is 5.94. The Hall–Kier alpha value is -1.95. The van der Waals surface area contributed by atoms with Gasteiger partial charge in [0.05, 0.1) is 11.6 Å². The van der Waals surface area contributed by atoms with Crippen LogP contribution < -0.4 is 15.4 Å². The third-order valence-corrected chi connectivity index (χ3v) is 4.82. The first-order chi connectivity index (χ1) is 12.6. The molecular weight excluding hydrogens is 354 g/mol. The van der Waals surface area contributed by atoms with E-state index in [2.05, 4.69) is 10.6 Å². The zero-order valence-electron chi connectivity index (χ0n) is 15.3. The molecule has 7 heteroatoms. The summed E-state index contributed by atoms with van der Waals surface area (Å²) in [5, 5.41) is 6.28. The number of urea groups is 1. The normalized spacial score (nSPS) is 14.5. The van der Waals surface area contributed by atoms with E-state index >= 15 is 0 Å². The number of ether oxygens (including phenoxy) is 1. The summed E-state index contributed by atoms with van der Waals surface area (Å²) in [7, 11) is 1.72. The number of para-hydroxylation sites is 1. The van der Waals surface area contributed by atoms with E-state index in [1.807, 2.05) is 12.1 Å². The van der Waals surface area contributed by atoms with Gasteiger partial charge in [0.25, 0.3) is 0 Å². The van der Waals surface area contributed by atoms with Gasteiger partial charge in [0.1, 0.15) is 12.4 Å². The van der Waals surface area contributed by atoms with E-state index in [-0.39, 0.29) is 24.4 Å². The molecule has 0 radical (unpaired) electrons. The Morgan fingerprint density at radius 1 is 1.23 bits per heavy atom. The summed E-state index contributed by atoms with van der Waals surface area (Å²) in [6, 6.07) is 7.32. The fourth-order valence-corrected chi connectivity index (χ4v) is 3.13. The van der Waals surface area contributed by atoms with Crippen LogP contribution in [0.25, 0.3) is 0 Å². The Bertz CT molecular complexity index is 591. The first-order valence-corrected chi connectivity index (χ1v) is 9.59. The Morgan fingerprint density at radius 2 is 1.96 bits per heavy atom. The highest BCUT2D eigenvalue weighted by Crippen LogP contribution is 2.22. The molecule has 1 aromatic carbocycles. The first kappa shape index (κ1) is 20.4. The molecule has 0 heterocycles. The lowest BCUT2D eigenvalue weighted by atomic mass is 9.96. The second-order valence-corrected chi connectivity index (χ2v) is 6.99. The van der Waals surface area contributed by atoms with Crippen LogP contribution in [0.2, 0.25) is 5.02 Å². The summed E-state index contributed by atoms with van der Waals surface area (Å²) < 4.78 is 5.58. The predicted molar refractivity (Wildman–Crippen MR) is 103 cm³/mol. The van der Waals surface area contributed by atoms with Crippen LogP contribution in [0.3, 0.4) is 0 Å². The fourth-order valence-electron chi connectivity index (χ4n) is 2.94. The van der Waals surface area contributed by atoms with Crippen molar-refractivity contribution in [1.29, 1.82) is 0 Å². The molecule has 0 aliphatic heterocycles. The van der Waals surface area contributed by atoms with Crippen LogP contribution in [0.5, 0.6) is 5.75 Å². The number of nitrogens with one attached hydrogen (secondary N) is 2. The molecule has 1 aromatic rings. The van der Waals surface area contributed by atoms with Gasteiger partial charge in [-0.15, -0.1) is 0 Å². The Morgan fingerprint density at radius 3 is 2.69 bits per heavy atom. The van der Waals surface area contributed by atoms with Crippen molar-refractivity contribution in [2.45, 2.75) is 44.6 Å². The summed E-state index contributed by atoms with van der Waals surface area (Å²) in [4.78, 5) is 25.5. The zero-order valence-corrected chi connectivity index (χ0v) is 16.1. The molecule has 1 aliphatic carbocycles. The Labute approximate surface area is 160 Å². The number of nitrogens with zero attached hydrogens (tertiary/aromatic N) is 1. The molecule has 0 bridgehead atoms. The predicted octanol–water partition coefficient (Wildman–Crippen LogP) is 3.20. The summed E-state index contributed by atoms with van der Waals surface area (Å²) in [5.74, 6) is 0.571. The number of rotatable bonds is 8. The lowest BCUT2D eigenvalue weighted by Crippen LogP contribution is -2.44. The van der Waals surface area contributed by atoms with Crippen molar-refractivity contribution >= 4 is 23.5 Å². The molecule has 0 unspecified atom stereocenters. The highest BCUT2D eigenvalue weighted by Gasteiger charge is 2.16. The average molecular weight is 382 g/mol. The van der Waals surface area contributed by atoms with E-state index in [1.165, 1.54) is 19.3 Å². The van der Waals surface area contributed by atoms with Gasteiger partial charge < -0.3 is 20.3 Å². The Balaban J connectivity index is 1.58. The maximum atomic E-state index is 12.1. The molecule has 2 N–H and O–H groups in total. The highest BCUT2D eigenvalue weighted by atomic mass is 35.5. The van der Waals surface area contributed by atoms with Crippen molar-refractivity contribution < 1.29 is 14.3 Å². The molecule has 0 spiro atoms. The van der Waals surface area contributed by atoms with Crippen molar-refractivity contribution in [2.24, 2.45) is 0 Å². The van der Waals surface area contributed by atoms with Gasteiger partial charge in [-0.05, 0) is 25.0 Å². The molecule has 144 valence electrons. The summed E-state index contributed by atoms with van der Waals surface area (Å²) in [5.41, 5.74) is 0. The molecule has 3 amide bonds. The minimum atomic E-state index is -0.186. The van der Waals surface area contributed by atoms with E-state index in [4.69, 9.17) is 16.3 Å². The average Bonchev–Trinajstić information content (AvgIpc) is 2.64. The molecular formula is C19H28ClN3O3. The number of halogens is 1. The lowest BCUT2D eigenvalue weighted by molar-refractivity contribution is -0.130. The number of amides is 3. The lowest BCUT2D eigenvalue weighted by Gasteiger charge is -2.23. The van der Waals surface area contributed by atoms with Gasteiger partial charge >= 0.3 is 6.03 Å². The minimum Gasteiger partial charge on any atom is -0.490 e. The maximum absolute atomic E-state index is 12.1. The van der Waals surface area contributed by atoms with Gasteiger partial charge in [0.2, 0.25) is 5.91 Å². The number of hydrogen-bond acceptors (Lipinski definition) is 3. The number of carbonyl (C=O) groups excluding carboxylic acids is 2. The number of hydrogen-bond donors (Lipinski definition) is 2. The number of likely N-dealkylation sites (N-methyl/N-ethyl adjacent to an activating group) is 1. The third kappa shape index (κ3) is 7.12. The SMILES string of the molecule is CN(CCOc1ccccc1Cl)C(=O)CCNC(=O)NC1CCCCC1. The molecule has 1 aliphatic rings. The van der Waals surface area contributed by atoms with Gasteiger partial charge in [-0.1, -0.05) is 43.0 Å². The molecule has 6 nitrogen and oxygen atoms in total. The Kier molecular flexibility index (Phi) is 8.54. The van der Waals surface area contributed by atoms with Crippen LogP contribution >= 0.6 is 11.6 Å². The van der Waals surface area contributed by atoms with Gasteiger partial charge in [-0.25, -0.2) is 4.79 Å². The van der Waals surface area contributed by atoms with Gasteiger partial charge in [-0.2, -0.15) is 0 Å². The van der Waals surface area contributed by atoms with Crippen molar-refractivity contribution in [3.8, 4) is 5.75 Å². The minimum absolute atomic E-state index is 0.0364. The first-order valence-electron chi connectivity index (χ1n) is 9.22. The summed E-state index contributed by atoms with van der Waals surface area (Å²) in [6.45, 7) is 1.15. The number of carbonyl (C=O) groups is 2. The third-order valence-electron chi connectivity index (χ3n) is 4.51.